The van der Waals surface area contributed by atoms with Crippen molar-refractivity contribution >= 4 is 23.9 Å². The molecule has 12 heteroatoms. The highest BCUT2D eigenvalue weighted by Crippen LogP contribution is 2.24. The van der Waals surface area contributed by atoms with E-state index in [0.717, 1.165) is 10.4 Å². The van der Waals surface area contributed by atoms with E-state index < -0.39 is 10.0 Å². The van der Waals surface area contributed by atoms with E-state index in [9.17, 15) is 10.1 Å². The van der Waals surface area contributed by atoms with Crippen molar-refractivity contribution in [1.82, 2.24) is 4.57 Å². The zero-order chi connectivity index (χ0) is 19.7. The van der Waals surface area contributed by atoms with Gasteiger partial charge in [0.2, 0.25) is 0 Å². The summed E-state index contributed by atoms with van der Waals surface area (Å²) in [6.07, 6.45) is 6.45. The van der Waals surface area contributed by atoms with Gasteiger partial charge >= 0.3 is 5.96 Å². The lowest BCUT2D eigenvalue weighted by atomic mass is 10.2. The Hall–Kier alpha value is -4.22. The number of allylic oxidation sites excluding steroid dienone is 1. The summed E-state index contributed by atoms with van der Waals surface area (Å²) in [5, 5.41) is 33.0. The van der Waals surface area contributed by atoms with Crippen LogP contribution in [0.1, 0.15) is 5.69 Å². The monoisotopic (exact) mass is 361 g/mol. The van der Waals surface area contributed by atoms with Crippen molar-refractivity contribution < 1.29 is 14.7 Å². The SMILES string of the molecule is N=C(N)[N+](N)=CC=Cc1cccn1-c1ccccc1[N+](=O)[O-].O=[N+]([O-])[O-]. The normalized spacial score (nSPS) is 10.8. The highest BCUT2D eigenvalue weighted by Gasteiger charge is 2.14. The van der Waals surface area contributed by atoms with Crippen molar-refractivity contribution in [1.29, 1.82) is 5.41 Å². The van der Waals surface area contributed by atoms with Gasteiger partial charge in [-0.15, -0.1) is 10.1 Å². The number of nitrogens with two attached hydrogens (primary N) is 2. The van der Waals surface area contributed by atoms with E-state index in [1.807, 2.05) is 0 Å². The molecule has 2 aromatic rings. The summed E-state index contributed by atoms with van der Waals surface area (Å²) in [4.78, 5) is 18.9. The molecule has 5 N–H and O–H groups in total. The number of hydrazine groups is 1. The Bertz CT molecular complexity index is 868. The second-order valence-corrected chi connectivity index (χ2v) is 4.57. The Balaban J connectivity index is 0.000000765. The van der Waals surface area contributed by atoms with Crippen LogP contribution in [0.15, 0.2) is 48.7 Å². The van der Waals surface area contributed by atoms with Crippen LogP contribution in [0.4, 0.5) is 5.69 Å². The standard InChI is InChI=1S/C14H15N6O2.NO3/c15-14(16)19(17)10-4-6-11-5-3-9-18(11)12-7-1-2-8-13(12)20(21)22;2-1(3)4/h1-10H,17H2,(H3,15,16);/q+1;-1. The van der Waals surface area contributed by atoms with Crippen molar-refractivity contribution in [2.24, 2.45) is 11.6 Å². The maximum absolute atomic E-state index is 11.1. The number of aromatic nitrogens is 1. The largest absolute Gasteiger partial charge is 0.403 e. The van der Waals surface area contributed by atoms with Crippen LogP contribution in [-0.4, -0.2) is 31.4 Å². The van der Waals surface area contributed by atoms with Gasteiger partial charge in [-0.05, 0) is 30.4 Å². The van der Waals surface area contributed by atoms with Gasteiger partial charge in [-0.25, -0.2) is 0 Å². The lowest BCUT2D eigenvalue weighted by Gasteiger charge is -2.06. The molecule has 0 aliphatic heterocycles. The number of nitro benzene ring substituents is 1. The van der Waals surface area contributed by atoms with Gasteiger partial charge in [-0.3, -0.25) is 21.7 Å². The van der Waals surface area contributed by atoms with Crippen molar-refractivity contribution in [3.63, 3.8) is 0 Å². The third-order valence-corrected chi connectivity index (χ3v) is 2.91. The highest BCUT2D eigenvalue weighted by atomic mass is 16.9. The van der Waals surface area contributed by atoms with Crippen molar-refractivity contribution in [3.05, 3.63) is 79.8 Å². The Morgan fingerprint density at radius 2 is 1.73 bits per heavy atom. The van der Waals surface area contributed by atoms with Gasteiger partial charge in [-0.1, -0.05) is 12.1 Å². The topological polar surface area (TPSA) is 193 Å². The van der Waals surface area contributed by atoms with Crippen LogP contribution in [0.3, 0.4) is 0 Å². The molecule has 1 aromatic heterocycles. The van der Waals surface area contributed by atoms with Gasteiger partial charge in [0, 0.05) is 18.0 Å². The predicted octanol–water partition coefficient (Wildman–Crippen LogP) is 1.01. The third-order valence-electron chi connectivity index (χ3n) is 2.91. The molecule has 0 amide bonds. The Morgan fingerprint density at radius 1 is 1.12 bits per heavy atom. The van der Waals surface area contributed by atoms with Gasteiger partial charge in [-0.2, -0.15) is 0 Å². The van der Waals surface area contributed by atoms with Crippen LogP contribution in [-0.2, 0) is 0 Å². The second-order valence-electron chi connectivity index (χ2n) is 4.57. The molecule has 0 saturated carbocycles. The second kappa shape index (κ2) is 9.17. The minimum Gasteiger partial charge on any atom is -0.356 e. The highest BCUT2D eigenvalue weighted by molar-refractivity contribution is 5.79. The van der Waals surface area contributed by atoms with E-state index in [2.05, 4.69) is 0 Å². The number of benzene rings is 1. The molecule has 0 unspecified atom stereocenters. The first-order chi connectivity index (χ1) is 12.2. The van der Waals surface area contributed by atoms with Gasteiger partial charge in [0.05, 0.1) is 16.2 Å². The predicted molar refractivity (Wildman–Crippen MR) is 94.2 cm³/mol. The minimum absolute atomic E-state index is 0.0153. The van der Waals surface area contributed by atoms with Crippen molar-refractivity contribution in [2.75, 3.05) is 0 Å². The lowest BCUT2D eigenvalue weighted by molar-refractivity contribution is -0.417. The molecule has 26 heavy (non-hydrogen) atoms. The summed E-state index contributed by atoms with van der Waals surface area (Å²) in [6.45, 7) is 0. The first kappa shape index (κ1) is 19.8. The summed E-state index contributed by atoms with van der Waals surface area (Å²) >= 11 is 0. The van der Waals surface area contributed by atoms with E-state index >= 15 is 0 Å². The molecule has 1 heterocycles. The molecule has 0 saturated heterocycles. The summed E-state index contributed by atoms with van der Waals surface area (Å²) in [6, 6.07) is 10.1. The van der Waals surface area contributed by atoms with Crippen LogP contribution in [0.25, 0.3) is 11.8 Å². The van der Waals surface area contributed by atoms with E-state index in [-0.39, 0.29) is 11.6 Å². The molecule has 1 aromatic carbocycles. The van der Waals surface area contributed by atoms with Crippen molar-refractivity contribution in [2.45, 2.75) is 0 Å². The maximum Gasteiger partial charge on any atom is 0.403 e. The number of nitrogens with zero attached hydrogens (tertiary/aromatic N) is 4. The summed E-state index contributed by atoms with van der Waals surface area (Å²) in [7, 11) is 0. The van der Waals surface area contributed by atoms with E-state index in [1.54, 1.807) is 53.2 Å². The molecule has 0 bridgehead atoms. The number of hydrazone groups is 1. The van der Waals surface area contributed by atoms with E-state index in [1.165, 1.54) is 12.3 Å². The first-order valence-electron chi connectivity index (χ1n) is 6.86. The van der Waals surface area contributed by atoms with Gasteiger partial charge < -0.3 is 19.9 Å². The Labute approximate surface area is 146 Å². The molecule has 136 valence electrons. The third kappa shape index (κ3) is 5.77. The van der Waals surface area contributed by atoms with Gasteiger partial charge in [0.1, 0.15) is 5.69 Å². The molecule has 0 radical (unpaired) electrons. The number of nitrogens with one attached hydrogen (secondary N) is 1. The molecule has 0 fully saturated rings. The number of para-hydroxylation sites is 2. The van der Waals surface area contributed by atoms with Crippen LogP contribution in [0.2, 0.25) is 0 Å². The zero-order valence-corrected chi connectivity index (χ0v) is 13.3. The number of hydrogen-bond donors (Lipinski definition) is 3. The fourth-order valence-corrected chi connectivity index (χ4v) is 1.89. The average Bonchev–Trinajstić information content (AvgIpc) is 3.02. The van der Waals surface area contributed by atoms with Crippen molar-refractivity contribution in [3.8, 4) is 5.69 Å². The van der Waals surface area contributed by atoms with Crippen LogP contribution in [0, 0.1) is 30.8 Å². The minimum atomic E-state index is -1.75. The quantitative estimate of drug-likeness (QED) is 0.180. The fourth-order valence-electron chi connectivity index (χ4n) is 1.89. The number of hydrogen-bond acceptors (Lipinski definition) is 7. The lowest BCUT2D eigenvalue weighted by Crippen LogP contribution is -2.33. The number of rotatable bonds is 4. The molecule has 0 aliphatic rings. The number of nitro groups is 1. The summed E-state index contributed by atoms with van der Waals surface area (Å²) < 4.78 is 2.64. The van der Waals surface area contributed by atoms with Gasteiger partial charge in [0.15, 0.2) is 0 Å². The molecule has 0 atom stereocenters. The summed E-state index contributed by atoms with van der Waals surface area (Å²) in [5.74, 6) is 5.16. The van der Waals surface area contributed by atoms with E-state index in [0.29, 0.717) is 5.69 Å². The number of guanidine groups is 1. The first-order valence-corrected chi connectivity index (χ1v) is 6.86. The molecule has 0 spiro atoms. The zero-order valence-electron chi connectivity index (χ0n) is 13.3. The molecule has 2 rings (SSSR count). The molecule has 12 nitrogen and oxygen atoms in total. The smallest absolute Gasteiger partial charge is 0.356 e. The fraction of sp³-hybridized carbons (Fsp3) is 0. The Kier molecular flexibility index (Phi) is 6.99. The van der Waals surface area contributed by atoms with Gasteiger partial charge in [0.25, 0.3) is 5.69 Å². The molecular formula is C14H15N7O5. The molecule has 0 aliphatic carbocycles. The average molecular weight is 361 g/mol. The van der Waals surface area contributed by atoms with Crippen LogP contribution < -0.4 is 11.6 Å². The van der Waals surface area contributed by atoms with E-state index in [4.69, 9.17) is 32.3 Å². The molecular weight excluding hydrogens is 346 g/mol. The van der Waals surface area contributed by atoms with Crippen LogP contribution in [0.5, 0.6) is 0 Å². The maximum atomic E-state index is 11.1. The Morgan fingerprint density at radius 3 is 2.31 bits per heavy atom. The van der Waals surface area contributed by atoms with Crippen LogP contribution >= 0.6 is 0 Å². The summed E-state index contributed by atoms with van der Waals surface area (Å²) in [5.41, 5.74) is 6.41.